The van der Waals surface area contributed by atoms with E-state index in [-0.39, 0.29) is 0 Å². The van der Waals surface area contributed by atoms with Crippen LogP contribution in [0.15, 0.2) is 28.8 Å². The Hall–Kier alpha value is -1.81. The van der Waals surface area contributed by atoms with E-state index in [0.717, 1.165) is 30.2 Å². The molecule has 0 amide bonds. The molecule has 1 heterocycles. The minimum atomic E-state index is 0.427. The van der Waals surface area contributed by atoms with Crippen molar-refractivity contribution in [2.75, 3.05) is 6.54 Å². The number of nitrogens with zero attached hydrogens (tertiary/aromatic N) is 1. The van der Waals surface area contributed by atoms with E-state index in [1.807, 2.05) is 19.1 Å². The lowest BCUT2D eigenvalue weighted by molar-refractivity contribution is 0.248. The lowest BCUT2D eigenvalue weighted by Crippen LogP contribution is -2.18. The van der Waals surface area contributed by atoms with Gasteiger partial charge in [-0.3, -0.25) is 0 Å². The third-order valence-corrected chi connectivity index (χ3v) is 3.70. The Labute approximate surface area is 119 Å². The van der Waals surface area contributed by atoms with Crippen molar-refractivity contribution < 1.29 is 9.26 Å². The van der Waals surface area contributed by atoms with Crippen LogP contribution in [0.2, 0.25) is 0 Å². The Morgan fingerprint density at radius 3 is 3.05 bits per heavy atom. The number of aromatic nitrogens is 1. The molecule has 0 spiro atoms. The summed E-state index contributed by atoms with van der Waals surface area (Å²) in [6.07, 6.45) is 2.29. The smallest absolute Gasteiger partial charge is 0.174 e. The summed E-state index contributed by atoms with van der Waals surface area (Å²) in [7, 11) is 0. The topological polar surface area (TPSA) is 47.3 Å². The molecule has 106 valence electrons. The number of hydrogen-bond acceptors (Lipinski definition) is 4. The first-order valence-electron chi connectivity index (χ1n) is 7.17. The molecule has 0 aliphatic heterocycles. The Morgan fingerprint density at radius 1 is 1.40 bits per heavy atom. The van der Waals surface area contributed by atoms with Crippen LogP contribution < -0.4 is 10.1 Å². The first kappa shape index (κ1) is 13.2. The Balaban J connectivity index is 1.67. The van der Waals surface area contributed by atoms with Crippen LogP contribution in [-0.2, 0) is 13.0 Å². The highest BCUT2D eigenvalue weighted by atomic mass is 16.5. The highest BCUT2D eigenvalue weighted by Gasteiger charge is 2.21. The van der Waals surface area contributed by atoms with Gasteiger partial charge in [0.05, 0.1) is 5.69 Å². The van der Waals surface area contributed by atoms with Crippen molar-refractivity contribution in [2.45, 2.75) is 39.3 Å². The standard InChI is InChI=1S/C16H20N2O2/c1-3-17-16-7-4-12-9-13(5-6-15(12)16)19-10-14-8-11(2)18-20-14/h5-6,8-9,16-17H,3-4,7,10H2,1-2H3. The maximum Gasteiger partial charge on any atom is 0.174 e. The van der Waals surface area contributed by atoms with Gasteiger partial charge >= 0.3 is 0 Å². The van der Waals surface area contributed by atoms with Crippen LogP contribution >= 0.6 is 0 Å². The van der Waals surface area contributed by atoms with E-state index >= 15 is 0 Å². The fraction of sp³-hybridized carbons (Fsp3) is 0.438. The van der Waals surface area contributed by atoms with E-state index < -0.39 is 0 Å². The summed E-state index contributed by atoms with van der Waals surface area (Å²) in [5, 5.41) is 7.37. The lowest BCUT2D eigenvalue weighted by atomic mass is 10.1. The largest absolute Gasteiger partial charge is 0.486 e. The minimum absolute atomic E-state index is 0.427. The Morgan fingerprint density at radius 2 is 2.30 bits per heavy atom. The predicted molar refractivity (Wildman–Crippen MR) is 76.8 cm³/mol. The van der Waals surface area contributed by atoms with E-state index in [4.69, 9.17) is 9.26 Å². The fourth-order valence-electron chi connectivity index (χ4n) is 2.78. The monoisotopic (exact) mass is 272 g/mol. The predicted octanol–water partition coefficient (Wildman–Crippen LogP) is 3.16. The average Bonchev–Trinajstić information content (AvgIpc) is 3.04. The number of hydrogen-bond donors (Lipinski definition) is 1. The van der Waals surface area contributed by atoms with E-state index in [9.17, 15) is 0 Å². The van der Waals surface area contributed by atoms with Crippen LogP contribution in [0.4, 0.5) is 0 Å². The van der Waals surface area contributed by atoms with Gasteiger partial charge in [0.15, 0.2) is 5.76 Å². The van der Waals surface area contributed by atoms with E-state index in [1.54, 1.807) is 0 Å². The maximum atomic E-state index is 5.77. The molecule has 4 nitrogen and oxygen atoms in total. The maximum absolute atomic E-state index is 5.77. The first-order chi connectivity index (χ1) is 9.76. The molecule has 0 fully saturated rings. The SMILES string of the molecule is CCNC1CCc2cc(OCc3cc(C)no3)ccc21. The number of nitrogens with one attached hydrogen (secondary N) is 1. The van der Waals surface area contributed by atoms with Crippen molar-refractivity contribution in [2.24, 2.45) is 0 Å². The molecule has 20 heavy (non-hydrogen) atoms. The zero-order valence-corrected chi connectivity index (χ0v) is 12.0. The van der Waals surface area contributed by atoms with E-state index in [0.29, 0.717) is 12.6 Å². The lowest BCUT2D eigenvalue weighted by Gasteiger charge is -2.12. The molecule has 3 rings (SSSR count). The van der Waals surface area contributed by atoms with Crippen molar-refractivity contribution in [1.82, 2.24) is 10.5 Å². The van der Waals surface area contributed by atoms with Crippen LogP contribution in [0.25, 0.3) is 0 Å². The minimum Gasteiger partial charge on any atom is -0.486 e. The summed E-state index contributed by atoms with van der Waals surface area (Å²) >= 11 is 0. The van der Waals surface area contributed by atoms with Gasteiger partial charge in [-0.2, -0.15) is 0 Å². The second-order valence-corrected chi connectivity index (χ2v) is 5.23. The second-order valence-electron chi connectivity index (χ2n) is 5.23. The summed E-state index contributed by atoms with van der Waals surface area (Å²) in [5.74, 6) is 1.66. The molecule has 0 saturated carbocycles. The van der Waals surface area contributed by atoms with Gasteiger partial charge in [-0.1, -0.05) is 18.1 Å². The first-order valence-corrected chi connectivity index (χ1v) is 7.17. The highest BCUT2D eigenvalue weighted by Crippen LogP contribution is 2.33. The van der Waals surface area contributed by atoms with Crippen molar-refractivity contribution in [1.29, 1.82) is 0 Å². The highest BCUT2D eigenvalue weighted by molar-refractivity contribution is 5.40. The van der Waals surface area contributed by atoms with Gasteiger partial charge in [0.1, 0.15) is 12.4 Å². The third kappa shape index (κ3) is 2.70. The molecular formula is C16H20N2O2. The molecular weight excluding hydrogens is 252 g/mol. The van der Waals surface area contributed by atoms with Crippen molar-refractivity contribution in [3.8, 4) is 5.75 Å². The van der Waals surface area contributed by atoms with Crippen molar-refractivity contribution in [3.05, 3.63) is 46.8 Å². The molecule has 1 unspecified atom stereocenters. The van der Waals surface area contributed by atoms with Crippen LogP contribution in [-0.4, -0.2) is 11.7 Å². The van der Waals surface area contributed by atoms with E-state index in [1.165, 1.54) is 17.5 Å². The summed E-state index contributed by atoms with van der Waals surface area (Å²) in [6.45, 7) is 5.49. The van der Waals surface area contributed by atoms with Gasteiger partial charge in [0.2, 0.25) is 0 Å². The van der Waals surface area contributed by atoms with E-state index in [2.05, 4.69) is 29.5 Å². The summed E-state index contributed by atoms with van der Waals surface area (Å²) in [6, 6.07) is 8.76. The van der Waals surface area contributed by atoms with Gasteiger partial charge in [-0.15, -0.1) is 0 Å². The molecule has 0 saturated heterocycles. The molecule has 1 aromatic heterocycles. The normalized spacial score (nSPS) is 17.2. The quantitative estimate of drug-likeness (QED) is 0.908. The average molecular weight is 272 g/mol. The summed E-state index contributed by atoms with van der Waals surface area (Å²) in [5.41, 5.74) is 3.68. The fourth-order valence-corrected chi connectivity index (χ4v) is 2.78. The molecule has 1 N–H and O–H groups in total. The van der Waals surface area contributed by atoms with Crippen LogP contribution in [0.5, 0.6) is 5.75 Å². The molecule has 1 aromatic carbocycles. The van der Waals surface area contributed by atoms with Gasteiger partial charge in [0.25, 0.3) is 0 Å². The zero-order chi connectivity index (χ0) is 13.9. The number of aryl methyl sites for hydroxylation is 2. The molecule has 0 radical (unpaired) electrons. The second kappa shape index (κ2) is 5.67. The molecule has 4 heteroatoms. The van der Waals surface area contributed by atoms with Gasteiger partial charge in [-0.05, 0) is 49.6 Å². The number of fused-ring (bicyclic) bond motifs is 1. The molecule has 2 aromatic rings. The summed E-state index contributed by atoms with van der Waals surface area (Å²) in [4.78, 5) is 0. The Bertz CT molecular complexity index is 592. The van der Waals surface area contributed by atoms with Crippen LogP contribution in [0, 0.1) is 6.92 Å². The van der Waals surface area contributed by atoms with Crippen LogP contribution in [0.1, 0.15) is 42.0 Å². The zero-order valence-electron chi connectivity index (χ0n) is 12.0. The third-order valence-electron chi connectivity index (χ3n) is 3.70. The number of ether oxygens (including phenoxy) is 1. The summed E-state index contributed by atoms with van der Waals surface area (Å²) < 4.78 is 10.9. The van der Waals surface area contributed by atoms with Crippen molar-refractivity contribution >= 4 is 0 Å². The van der Waals surface area contributed by atoms with Crippen molar-refractivity contribution in [3.63, 3.8) is 0 Å². The van der Waals surface area contributed by atoms with Gasteiger partial charge < -0.3 is 14.6 Å². The van der Waals surface area contributed by atoms with Crippen LogP contribution in [0.3, 0.4) is 0 Å². The van der Waals surface area contributed by atoms with Gasteiger partial charge in [0, 0.05) is 12.1 Å². The number of rotatable bonds is 5. The molecule has 0 bridgehead atoms. The molecule has 1 atom stereocenters. The van der Waals surface area contributed by atoms with Gasteiger partial charge in [-0.25, -0.2) is 0 Å². The Kier molecular flexibility index (Phi) is 3.74. The molecule has 1 aliphatic rings. The molecule has 1 aliphatic carbocycles. The number of benzene rings is 1.